The first kappa shape index (κ1) is 12.4. The topological polar surface area (TPSA) is 24.9 Å². The highest BCUT2D eigenvalue weighted by atomic mass is 127. The van der Waals surface area contributed by atoms with E-state index in [1.807, 2.05) is 18.3 Å². The highest BCUT2D eigenvalue weighted by Gasteiger charge is 2.01. The predicted molar refractivity (Wildman–Crippen MR) is 88.2 cm³/mol. The zero-order chi connectivity index (χ0) is 13.1. The second kappa shape index (κ2) is 5.57. The van der Waals surface area contributed by atoms with Gasteiger partial charge in [-0.15, -0.1) is 0 Å². The minimum absolute atomic E-state index is 0.809. The van der Waals surface area contributed by atoms with Crippen LogP contribution in [0, 0.1) is 3.57 Å². The van der Waals surface area contributed by atoms with Gasteiger partial charge in [0.15, 0.2) is 0 Å². The number of nitrogens with zero attached hydrogens (tertiary/aromatic N) is 1. The number of aromatic nitrogens is 1. The minimum atomic E-state index is 0.809. The summed E-state index contributed by atoms with van der Waals surface area (Å²) in [5.41, 5.74) is 3.45. The van der Waals surface area contributed by atoms with Crippen LogP contribution in [-0.2, 0) is 6.54 Å². The van der Waals surface area contributed by atoms with Crippen molar-refractivity contribution < 1.29 is 0 Å². The monoisotopic (exact) mass is 360 g/mol. The van der Waals surface area contributed by atoms with E-state index in [1.165, 1.54) is 14.5 Å². The lowest BCUT2D eigenvalue weighted by molar-refractivity contribution is 1.16. The first-order valence-electron chi connectivity index (χ1n) is 6.15. The number of nitrogens with one attached hydrogen (secondary N) is 1. The highest BCUT2D eigenvalue weighted by Crippen LogP contribution is 2.18. The van der Waals surface area contributed by atoms with Crippen molar-refractivity contribution in [3.05, 3.63) is 69.9 Å². The lowest BCUT2D eigenvalue weighted by Crippen LogP contribution is -2.00. The number of pyridine rings is 1. The van der Waals surface area contributed by atoms with Crippen molar-refractivity contribution in [2.24, 2.45) is 0 Å². The van der Waals surface area contributed by atoms with Crippen molar-refractivity contribution in [3.8, 4) is 0 Å². The molecule has 3 aromatic rings. The van der Waals surface area contributed by atoms with Gasteiger partial charge in [0.25, 0.3) is 0 Å². The summed E-state index contributed by atoms with van der Waals surface area (Å²) in [5, 5.41) is 4.66. The Morgan fingerprint density at radius 2 is 1.74 bits per heavy atom. The number of hydrogen-bond donors (Lipinski definition) is 1. The molecular weight excluding hydrogens is 347 g/mol. The zero-order valence-corrected chi connectivity index (χ0v) is 12.5. The third-order valence-corrected chi connectivity index (χ3v) is 3.79. The van der Waals surface area contributed by atoms with Gasteiger partial charge < -0.3 is 5.32 Å². The van der Waals surface area contributed by atoms with E-state index in [4.69, 9.17) is 0 Å². The van der Waals surface area contributed by atoms with Gasteiger partial charge in [-0.05, 0) is 64.6 Å². The zero-order valence-electron chi connectivity index (χ0n) is 10.3. The van der Waals surface area contributed by atoms with Gasteiger partial charge in [0.2, 0.25) is 0 Å². The molecule has 2 aromatic carbocycles. The third-order valence-electron chi connectivity index (χ3n) is 3.07. The van der Waals surface area contributed by atoms with Crippen molar-refractivity contribution in [3.63, 3.8) is 0 Å². The van der Waals surface area contributed by atoms with Gasteiger partial charge in [-0.2, -0.15) is 0 Å². The first-order chi connectivity index (χ1) is 9.33. The van der Waals surface area contributed by atoms with E-state index >= 15 is 0 Å². The number of para-hydroxylation sites is 1. The number of halogens is 1. The van der Waals surface area contributed by atoms with Crippen LogP contribution in [-0.4, -0.2) is 4.98 Å². The molecule has 0 aliphatic heterocycles. The number of benzene rings is 2. The Morgan fingerprint density at radius 1 is 0.947 bits per heavy atom. The van der Waals surface area contributed by atoms with Crippen LogP contribution >= 0.6 is 22.6 Å². The molecule has 3 rings (SSSR count). The molecular formula is C16H13IN2. The fourth-order valence-electron chi connectivity index (χ4n) is 2.07. The molecule has 0 aliphatic rings. The molecule has 0 saturated carbocycles. The lowest BCUT2D eigenvalue weighted by Gasteiger charge is -2.09. The summed E-state index contributed by atoms with van der Waals surface area (Å²) in [6.07, 6.45) is 1.87. The van der Waals surface area contributed by atoms with Crippen LogP contribution in [0.25, 0.3) is 10.9 Å². The van der Waals surface area contributed by atoms with Crippen molar-refractivity contribution in [1.29, 1.82) is 0 Å². The summed E-state index contributed by atoms with van der Waals surface area (Å²) in [6, 6.07) is 18.7. The molecule has 0 amide bonds. The molecule has 0 aliphatic carbocycles. The Morgan fingerprint density at radius 3 is 2.58 bits per heavy atom. The molecule has 94 valence electrons. The van der Waals surface area contributed by atoms with E-state index < -0.39 is 0 Å². The summed E-state index contributed by atoms with van der Waals surface area (Å²) in [6.45, 7) is 0.809. The fraction of sp³-hybridized carbons (Fsp3) is 0.0625. The van der Waals surface area contributed by atoms with E-state index in [0.29, 0.717) is 0 Å². The Balaban J connectivity index is 1.84. The average molecular weight is 360 g/mol. The van der Waals surface area contributed by atoms with Crippen LogP contribution in [0.15, 0.2) is 60.8 Å². The van der Waals surface area contributed by atoms with E-state index in [2.05, 4.69) is 75.4 Å². The third kappa shape index (κ3) is 2.87. The minimum Gasteiger partial charge on any atom is -0.381 e. The molecule has 1 N–H and O–H groups in total. The summed E-state index contributed by atoms with van der Waals surface area (Å²) in [7, 11) is 0. The van der Waals surface area contributed by atoms with Gasteiger partial charge in [-0.3, -0.25) is 4.98 Å². The summed E-state index contributed by atoms with van der Waals surface area (Å²) >= 11 is 2.31. The van der Waals surface area contributed by atoms with Crippen LogP contribution in [0.5, 0.6) is 0 Å². The summed E-state index contributed by atoms with van der Waals surface area (Å²) in [5.74, 6) is 0. The highest BCUT2D eigenvalue weighted by molar-refractivity contribution is 14.1. The molecule has 19 heavy (non-hydrogen) atoms. The standard InChI is InChI=1S/C16H13IN2/c17-13-5-7-14(8-6-13)19-11-12-9-10-18-16-4-2-1-3-15(12)16/h1-10,19H,11H2. The number of rotatable bonds is 3. The van der Waals surface area contributed by atoms with Gasteiger partial charge in [-0.25, -0.2) is 0 Å². The normalized spacial score (nSPS) is 10.6. The molecule has 0 spiro atoms. The molecule has 3 heteroatoms. The molecule has 0 saturated heterocycles. The molecule has 1 aromatic heterocycles. The van der Waals surface area contributed by atoms with Crippen LogP contribution in [0.2, 0.25) is 0 Å². The number of anilines is 1. The van der Waals surface area contributed by atoms with Gasteiger partial charge in [0.05, 0.1) is 5.52 Å². The van der Waals surface area contributed by atoms with E-state index in [-0.39, 0.29) is 0 Å². The maximum atomic E-state index is 4.38. The largest absolute Gasteiger partial charge is 0.381 e. The van der Waals surface area contributed by atoms with Gasteiger partial charge in [0.1, 0.15) is 0 Å². The van der Waals surface area contributed by atoms with Gasteiger partial charge in [0, 0.05) is 27.4 Å². The van der Waals surface area contributed by atoms with Crippen molar-refractivity contribution in [2.45, 2.75) is 6.54 Å². The Labute approximate surface area is 126 Å². The van der Waals surface area contributed by atoms with Gasteiger partial charge >= 0.3 is 0 Å². The molecule has 0 atom stereocenters. The maximum Gasteiger partial charge on any atom is 0.0705 e. The molecule has 0 unspecified atom stereocenters. The second-order valence-corrected chi connectivity index (χ2v) is 5.59. The summed E-state index contributed by atoms with van der Waals surface area (Å²) in [4.78, 5) is 4.38. The van der Waals surface area contributed by atoms with Gasteiger partial charge in [-0.1, -0.05) is 18.2 Å². The molecule has 2 nitrogen and oxygen atoms in total. The molecule has 0 bridgehead atoms. The Bertz CT molecular complexity index is 687. The number of fused-ring (bicyclic) bond motifs is 1. The van der Waals surface area contributed by atoms with Crippen LogP contribution in [0.1, 0.15) is 5.56 Å². The van der Waals surface area contributed by atoms with Crippen LogP contribution in [0.3, 0.4) is 0 Å². The molecule has 0 fully saturated rings. The van der Waals surface area contributed by atoms with Crippen molar-refractivity contribution in [2.75, 3.05) is 5.32 Å². The Kier molecular flexibility index (Phi) is 3.64. The SMILES string of the molecule is Ic1ccc(NCc2ccnc3ccccc23)cc1. The summed E-state index contributed by atoms with van der Waals surface area (Å²) < 4.78 is 1.25. The molecule has 0 radical (unpaired) electrons. The first-order valence-corrected chi connectivity index (χ1v) is 7.23. The Hall–Kier alpha value is -1.62. The quantitative estimate of drug-likeness (QED) is 0.698. The maximum absolute atomic E-state index is 4.38. The predicted octanol–water partition coefficient (Wildman–Crippen LogP) is 4.45. The van der Waals surface area contributed by atoms with E-state index in [1.54, 1.807) is 0 Å². The fourth-order valence-corrected chi connectivity index (χ4v) is 2.43. The van der Waals surface area contributed by atoms with Crippen molar-refractivity contribution in [1.82, 2.24) is 4.98 Å². The smallest absolute Gasteiger partial charge is 0.0705 e. The molecule has 1 heterocycles. The average Bonchev–Trinajstić information content (AvgIpc) is 2.47. The second-order valence-electron chi connectivity index (χ2n) is 4.35. The van der Waals surface area contributed by atoms with Crippen molar-refractivity contribution >= 4 is 39.2 Å². The van der Waals surface area contributed by atoms with E-state index in [0.717, 1.165) is 17.7 Å². The van der Waals surface area contributed by atoms with Crippen LogP contribution in [0.4, 0.5) is 5.69 Å². The lowest BCUT2D eigenvalue weighted by atomic mass is 10.1. The van der Waals surface area contributed by atoms with Crippen LogP contribution < -0.4 is 5.32 Å². The van der Waals surface area contributed by atoms with E-state index in [9.17, 15) is 0 Å². The number of hydrogen-bond acceptors (Lipinski definition) is 2.